The molecule has 0 aromatic rings. The molecule has 0 aliphatic carbocycles. The van der Waals surface area contributed by atoms with Gasteiger partial charge in [0.05, 0.1) is 12.7 Å². The van der Waals surface area contributed by atoms with Gasteiger partial charge in [-0.1, -0.05) is 0 Å². The Balaban J connectivity index is 1.67. The summed E-state index contributed by atoms with van der Waals surface area (Å²) in [6.07, 6.45) is 7.34. The minimum atomic E-state index is 0.370. The van der Waals surface area contributed by atoms with Crippen molar-refractivity contribution in [2.45, 2.75) is 58.1 Å². The zero-order valence-electron chi connectivity index (χ0n) is 12.2. The molecule has 0 aromatic heterocycles. The number of ether oxygens (including phenoxy) is 1. The van der Waals surface area contributed by atoms with E-state index in [-0.39, 0.29) is 0 Å². The molecule has 2 fully saturated rings. The maximum atomic E-state index is 5.66. The molecule has 0 unspecified atom stereocenters. The fraction of sp³-hybridized carbons (Fsp3) is 1.00. The van der Waals surface area contributed by atoms with Crippen LogP contribution in [0.3, 0.4) is 0 Å². The SMILES string of the molecule is CC(C)OCCN1CCC[C@@H](N2CCCC2)CC1. The van der Waals surface area contributed by atoms with Gasteiger partial charge in [-0.25, -0.2) is 0 Å². The molecule has 0 spiro atoms. The van der Waals surface area contributed by atoms with Gasteiger partial charge in [0.15, 0.2) is 0 Å². The van der Waals surface area contributed by atoms with Gasteiger partial charge in [-0.2, -0.15) is 0 Å². The van der Waals surface area contributed by atoms with Crippen LogP contribution in [0.1, 0.15) is 46.0 Å². The molecule has 0 N–H and O–H groups in total. The molecule has 0 bridgehead atoms. The summed E-state index contributed by atoms with van der Waals surface area (Å²) in [5, 5.41) is 0. The van der Waals surface area contributed by atoms with Crippen LogP contribution >= 0.6 is 0 Å². The molecule has 0 radical (unpaired) electrons. The highest BCUT2D eigenvalue weighted by Crippen LogP contribution is 2.21. The maximum Gasteiger partial charge on any atom is 0.0596 e. The lowest BCUT2D eigenvalue weighted by molar-refractivity contribution is 0.0592. The summed E-state index contributed by atoms with van der Waals surface area (Å²) in [7, 11) is 0. The van der Waals surface area contributed by atoms with Crippen LogP contribution in [0.2, 0.25) is 0 Å². The van der Waals surface area contributed by atoms with Gasteiger partial charge in [0.2, 0.25) is 0 Å². The van der Waals surface area contributed by atoms with Crippen LogP contribution < -0.4 is 0 Å². The normalized spacial score (nSPS) is 27.8. The summed E-state index contributed by atoms with van der Waals surface area (Å²) in [5.41, 5.74) is 0. The van der Waals surface area contributed by atoms with Crippen molar-refractivity contribution in [1.82, 2.24) is 9.80 Å². The van der Waals surface area contributed by atoms with E-state index in [2.05, 4.69) is 23.6 Å². The number of likely N-dealkylation sites (tertiary alicyclic amines) is 2. The Morgan fingerprint density at radius 2 is 1.78 bits per heavy atom. The average Bonchev–Trinajstić information content (AvgIpc) is 2.76. The van der Waals surface area contributed by atoms with E-state index in [1.54, 1.807) is 0 Å². The van der Waals surface area contributed by atoms with E-state index in [4.69, 9.17) is 4.74 Å². The van der Waals surface area contributed by atoms with E-state index in [9.17, 15) is 0 Å². The van der Waals surface area contributed by atoms with Crippen molar-refractivity contribution in [2.75, 3.05) is 39.3 Å². The van der Waals surface area contributed by atoms with Gasteiger partial charge in [-0.15, -0.1) is 0 Å². The Morgan fingerprint density at radius 1 is 1.00 bits per heavy atom. The lowest BCUT2D eigenvalue weighted by Gasteiger charge is -2.26. The number of nitrogens with zero attached hydrogens (tertiary/aromatic N) is 2. The van der Waals surface area contributed by atoms with Crippen molar-refractivity contribution in [2.24, 2.45) is 0 Å². The molecular weight excluding hydrogens is 224 g/mol. The molecule has 2 aliphatic heterocycles. The molecular formula is C15H30N2O. The summed E-state index contributed by atoms with van der Waals surface area (Å²) in [6, 6.07) is 0.864. The van der Waals surface area contributed by atoms with Gasteiger partial charge in [0.25, 0.3) is 0 Å². The third-order valence-electron chi connectivity index (χ3n) is 4.31. The average molecular weight is 254 g/mol. The molecule has 2 aliphatic rings. The highest BCUT2D eigenvalue weighted by molar-refractivity contribution is 4.80. The standard InChI is InChI=1S/C15H30N2O/c1-14(2)18-13-12-16-8-5-6-15(7-11-16)17-9-3-4-10-17/h14-15H,3-13H2,1-2H3/t15-/m1/s1. The largest absolute Gasteiger partial charge is 0.377 e. The Morgan fingerprint density at radius 3 is 2.50 bits per heavy atom. The summed E-state index contributed by atoms with van der Waals surface area (Å²) < 4.78 is 5.66. The fourth-order valence-electron chi connectivity index (χ4n) is 3.25. The minimum absolute atomic E-state index is 0.370. The predicted molar refractivity (Wildman–Crippen MR) is 76.0 cm³/mol. The number of hydrogen-bond donors (Lipinski definition) is 0. The maximum absolute atomic E-state index is 5.66. The van der Waals surface area contributed by atoms with Crippen molar-refractivity contribution in [3.05, 3.63) is 0 Å². The molecule has 0 saturated carbocycles. The van der Waals surface area contributed by atoms with Crippen LogP contribution in [0.4, 0.5) is 0 Å². The van der Waals surface area contributed by atoms with Gasteiger partial charge in [0, 0.05) is 12.6 Å². The highest BCUT2D eigenvalue weighted by Gasteiger charge is 2.24. The second kappa shape index (κ2) is 7.46. The Bertz CT molecular complexity index is 227. The summed E-state index contributed by atoms with van der Waals surface area (Å²) >= 11 is 0. The first kappa shape index (κ1) is 14.3. The van der Waals surface area contributed by atoms with Gasteiger partial charge < -0.3 is 14.5 Å². The van der Waals surface area contributed by atoms with Crippen LogP contribution in [0, 0.1) is 0 Å². The third-order valence-corrected chi connectivity index (χ3v) is 4.31. The van der Waals surface area contributed by atoms with E-state index in [0.717, 1.165) is 19.2 Å². The lowest BCUT2D eigenvalue weighted by Crippen LogP contribution is -2.34. The fourth-order valence-corrected chi connectivity index (χ4v) is 3.25. The van der Waals surface area contributed by atoms with Gasteiger partial charge in [0.1, 0.15) is 0 Å². The number of hydrogen-bond acceptors (Lipinski definition) is 3. The van der Waals surface area contributed by atoms with Gasteiger partial charge in [-0.05, 0) is 72.1 Å². The third kappa shape index (κ3) is 4.52. The monoisotopic (exact) mass is 254 g/mol. The molecule has 2 heterocycles. The zero-order chi connectivity index (χ0) is 12.8. The van der Waals surface area contributed by atoms with Crippen LogP contribution in [-0.2, 0) is 4.74 Å². The van der Waals surface area contributed by atoms with E-state index >= 15 is 0 Å². The van der Waals surface area contributed by atoms with E-state index in [1.807, 2.05) is 0 Å². The van der Waals surface area contributed by atoms with Gasteiger partial charge >= 0.3 is 0 Å². The molecule has 2 saturated heterocycles. The topological polar surface area (TPSA) is 15.7 Å². The van der Waals surface area contributed by atoms with Crippen LogP contribution in [0.25, 0.3) is 0 Å². The van der Waals surface area contributed by atoms with Crippen LogP contribution in [-0.4, -0.2) is 61.3 Å². The zero-order valence-corrected chi connectivity index (χ0v) is 12.2. The van der Waals surface area contributed by atoms with E-state index in [0.29, 0.717) is 6.10 Å². The molecule has 18 heavy (non-hydrogen) atoms. The highest BCUT2D eigenvalue weighted by atomic mass is 16.5. The Hall–Kier alpha value is -0.120. The Kier molecular flexibility index (Phi) is 5.93. The molecule has 1 atom stereocenters. The second-order valence-electron chi connectivity index (χ2n) is 6.09. The van der Waals surface area contributed by atoms with Gasteiger partial charge in [-0.3, -0.25) is 0 Å². The molecule has 3 heteroatoms. The molecule has 0 aromatic carbocycles. The van der Waals surface area contributed by atoms with Crippen molar-refractivity contribution >= 4 is 0 Å². The first-order valence-electron chi connectivity index (χ1n) is 7.83. The van der Waals surface area contributed by atoms with E-state index in [1.165, 1.54) is 58.3 Å². The minimum Gasteiger partial charge on any atom is -0.377 e. The molecule has 106 valence electrons. The predicted octanol–water partition coefficient (Wildman–Crippen LogP) is 2.36. The molecule has 2 rings (SSSR count). The van der Waals surface area contributed by atoms with Crippen molar-refractivity contribution < 1.29 is 4.74 Å². The van der Waals surface area contributed by atoms with Crippen LogP contribution in [0.15, 0.2) is 0 Å². The summed E-state index contributed by atoms with van der Waals surface area (Å²) in [4.78, 5) is 5.33. The quantitative estimate of drug-likeness (QED) is 0.749. The van der Waals surface area contributed by atoms with E-state index < -0.39 is 0 Å². The lowest BCUT2D eigenvalue weighted by atomic mass is 10.1. The van der Waals surface area contributed by atoms with Crippen LogP contribution in [0.5, 0.6) is 0 Å². The van der Waals surface area contributed by atoms with Crippen molar-refractivity contribution in [3.8, 4) is 0 Å². The molecule has 3 nitrogen and oxygen atoms in total. The first-order chi connectivity index (χ1) is 8.75. The first-order valence-corrected chi connectivity index (χ1v) is 7.83. The summed E-state index contributed by atoms with van der Waals surface area (Å²) in [5.74, 6) is 0. The Labute approximate surface area is 112 Å². The van der Waals surface area contributed by atoms with Crippen molar-refractivity contribution in [3.63, 3.8) is 0 Å². The van der Waals surface area contributed by atoms with Crippen molar-refractivity contribution in [1.29, 1.82) is 0 Å². The molecule has 0 amide bonds. The number of rotatable bonds is 5. The second-order valence-corrected chi connectivity index (χ2v) is 6.09. The smallest absolute Gasteiger partial charge is 0.0596 e. The summed E-state index contributed by atoms with van der Waals surface area (Å²) in [6.45, 7) is 11.5.